The number of nitrogens with zero attached hydrogens (tertiary/aromatic N) is 4. The first-order valence-electron chi connectivity index (χ1n) is 9.40. The fourth-order valence-electron chi connectivity index (χ4n) is 3.57. The number of nitrogens with two attached hydrogens (primary N) is 1. The van der Waals surface area contributed by atoms with Crippen molar-refractivity contribution >= 4 is 40.2 Å². The molecule has 2 heterocycles. The highest BCUT2D eigenvalue weighted by Gasteiger charge is 2.21. The van der Waals surface area contributed by atoms with Gasteiger partial charge in [0.2, 0.25) is 5.95 Å². The van der Waals surface area contributed by atoms with Gasteiger partial charge in [0, 0.05) is 29.3 Å². The van der Waals surface area contributed by atoms with Crippen molar-refractivity contribution in [2.45, 2.75) is 51.2 Å². The fourth-order valence-corrected chi connectivity index (χ4v) is 3.76. The molecule has 0 amide bonds. The molecule has 2 aromatic heterocycles. The summed E-state index contributed by atoms with van der Waals surface area (Å²) in [5.74, 6) is 1.26. The minimum Gasteiger partial charge on any atom is -0.351 e. The topological polar surface area (TPSA) is 93.7 Å². The van der Waals surface area contributed by atoms with Crippen LogP contribution in [0.1, 0.15) is 32.6 Å². The number of fused-ring (bicyclic) bond motifs is 1. The van der Waals surface area contributed by atoms with Crippen LogP contribution < -0.4 is 16.4 Å². The van der Waals surface area contributed by atoms with E-state index in [0.29, 0.717) is 22.8 Å². The van der Waals surface area contributed by atoms with Crippen LogP contribution in [0.15, 0.2) is 30.6 Å². The quantitative estimate of drug-likeness (QED) is 0.616. The van der Waals surface area contributed by atoms with Crippen LogP contribution in [0.25, 0.3) is 11.2 Å². The van der Waals surface area contributed by atoms with Gasteiger partial charge in [-0.25, -0.2) is 4.98 Å². The summed E-state index contributed by atoms with van der Waals surface area (Å²) in [4.78, 5) is 13.9. The van der Waals surface area contributed by atoms with Gasteiger partial charge in [0.1, 0.15) is 0 Å². The summed E-state index contributed by atoms with van der Waals surface area (Å²) in [6.07, 6.45) is 6.03. The highest BCUT2D eigenvalue weighted by molar-refractivity contribution is 6.30. The van der Waals surface area contributed by atoms with E-state index in [-0.39, 0.29) is 6.04 Å². The first-order valence-corrected chi connectivity index (χ1v) is 9.77. The molecule has 3 aromatic rings. The molecule has 0 bridgehead atoms. The van der Waals surface area contributed by atoms with Crippen molar-refractivity contribution in [1.82, 2.24) is 19.5 Å². The van der Waals surface area contributed by atoms with Crippen LogP contribution in [0.2, 0.25) is 5.02 Å². The third kappa shape index (κ3) is 3.99. The van der Waals surface area contributed by atoms with Crippen molar-refractivity contribution in [1.29, 1.82) is 0 Å². The lowest BCUT2D eigenvalue weighted by atomic mass is 9.92. The van der Waals surface area contributed by atoms with Gasteiger partial charge in [-0.15, -0.1) is 0 Å². The number of hydrogen-bond acceptors (Lipinski definition) is 6. The molecule has 2 atom stereocenters. The van der Waals surface area contributed by atoms with Gasteiger partial charge >= 0.3 is 0 Å². The van der Waals surface area contributed by atoms with Crippen LogP contribution >= 0.6 is 11.6 Å². The number of aryl methyl sites for hydroxylation is 1. The smallest absolute Gasteiger partial charge is 0.227 e. The van der Waals surface area contributed by atoms with Crippen molar-refractivity contribution in [3.63, 3.8) is 0 Å². The first-order chi connectivity index (χ1) is 13.1. The molecule has 0 spiro atoms. The number of nitrogens with one attached hydrogen (secondary N) is 2. The van der Waals surface area contributed by atoms with E-state index in [1.165, 1.54) is 0 Å². The van der Waals surface area contributed by atoms with E-state index in [0.717, 1.165) is 49.1 Å². The van der Waals surface area contributed by atoms with Crippen molar-refractivity contribution in [3.8, 4) is 0 Å². The number of imidazole rings is 1. The summed E-state index contributed by atoms with van der Waals surface area (Å²) in [6.45, 7) is 2.86. The number of aromatic nitrogens is 4. The van der Waals surface area contributed by atoms with Gasteiger partial charge in [0.15, 0.2) is 17.0 Å². The highest BCUT2D eigenvalue weighted by atomic mass is 35.5. The second kappa shape index (κ2) is 7.70. The van der Waals surface area contributed by atoms with Gasteiger partial charge < -0.3 is 20.9 Å². The Morgan fingerprint density at radius 3 is 2.96 bits per heavy atom. The molecule has 1 aliphatic carbocycles. The lowest BCUT2D eigenvalue weighted by Crippen LogP contribution is -2.35. The van der Waals surface area contributed by atoms with Crippen LogP contribution in [0.3, 0.4) is 0 Å². The molecule has 142 valence electrons. The highest BCUT2D eigenvalue weighted by Crippen LogP contribution is 2.27. The molecular formula is C19H24ClN7. The molecule has 1 aromatic carbocycles. The van der Waals surface area contributed by atoms with Gasteiger partial charge in [0.05, 0.1) is 6.33 Å². The largest absolute Gasteiger partial charge is 0.351 e. The fraction of sp³-hybridized carbons (Fsp3) is 0.421. The van der Waals surface area contributed by atoms with Crippen molar-refractivity contribution in [2.75, 3.05) is 10.6 Å². The molecule has 0 aliphatic heterocycles. The summed E-state index contributed by atoms with van der Waals surface area (Å²) in [6, 6.07) is 8.08. The summed E-state index contributed by atoms with van der Waals surface area (Å²) >= 11 is 6.11. The van der Waals surface area contributed by atoms with Crippen LogP contribution in [-0.2, 0) is 6.54 Å². The Labute approximate surface area is 163 Å². The molecular weight excluding hydrogens is 362 g/mol. The van der Waals surface area contributed by atoms with E-state index >= 15 is 0 Å². The Morgan fingerprint density at radius 1 is 1.30 bits per heavy atom. The third-order valence-corrected chi connectivity index (χ3v) is 5.18. The Morgan fingerprint density at radius 2 is 2.19 bits per heavy atom. The van der Waals surface area contributed by atoms with Crippen molar-refractivity contribution < 1.29 is 0 Å². The second-order valence-corrected chi connectivity index (χ2v) is 7.44. The Hall–Kier alpha value is -2.38. The van der Waals surface area contributed by atoms with Gasteiger partial charge in [-0.2, -0.15) is 9.97 Å². The number of anilines is 3. The average Bonchev–Trinajstić information content (AvgIpc) is 3.05. The molecule has 8 heteroatoms. The van der Waals surface area contributed by atoms with Gasteiger partial charge in [-0.1, -0.05) is 17.7 Å². The maximum atomic E-state index is 6.12. The zero-order chi connectivity index (χ0) is 18.8. The Bertz CT molecular complexity index is 939. The van der Waals surface area contributed by atoms with Crippen LogP contribution in [0, 0.1) is 0 Å². The van der Waals surface area contributed by atoms with Crippen molar-refractivity contribution in [3.05, 3.63) is 35.6 Å². The zero-order valence-corrected chi connectivity index (χ0v) is 16.1. The van der Waals surface area contributed by atoms with Crippen LogP contribution in [0.5, 0.6) is 0 Å². The molecule has 7 nitrogen and oxygen atoms in total. The molecule has 27 heavy (non-hydrogen) atoms. The molecule has 1 saturated carbocycles. The molecule has 1 aliphatic rings. The number of hydrogen-bond donors (Lipinski definition) is 3. The minimum absolute atomic E-state index is 0.241. The van der Waals surface area contributed by atoms with E-state index in [9.17, 15) is 0 Å². The van der Waals surface area contributed by atoms with E-state index < -0.39 is 0 Å². The minimum atomic E-state index is 0.241. The number of rotatable bonds is 5. The van der Waals surface area contributed by atoms with E-state index in [1.54, 1.807) is 6.33 Å². The molecule has 4 N–H and O–H groups in total. The average molecular weight is 386 g/mol. The van der Waals surface area contributed by atoms with Gasteiger partial charge in [0.25, 0.3) is 0 Å². The summed E-state index contributed by atoms with van der Waals surface area (Å²) < 4.78 is 2.01. The maximum Gasteiger partial charge on any atom is 0.227 e. The molecule has 4 rings (SSSR count). The standard InChI is InChI=1S/C19H24ClN7/c1-2-27-11-22-16-17(23-14-7-3-5-12(20)9-14)25-19(26-18(16)27)24-15-8-4-6-13(21)10-15/h3,5,7,9,11,13,15H,2,4,6,8,10,21H2,1H3,(H2,23,24,25,26)/t13-,15+/m0/s1. The predicted molar refractivity (Wildman–Crippen MR) is 110 cm³/mol. The van der Waals surface area contributed by atoms with E-state index in [4.69, 9.17) is 27.3 Å². The number of halogens is 1. The Balaban J connectivity index is 1.69. The normalized spacial score (nSPS) is 20.0. The van der Waals surface area contributed by atoms with Gasteiger partial charge in [-0.05, 0) is 50.8 Å². The summed E-state index contributed by atoms with van der Waals surface area (Å²) in [7, 11) is 0. The van der Waals surface area contributed by atoms with Crippen LogP contribution in [0.4, 0.5) is 17.5 Å². The van der Waals surface area contributed by atoms with E-state index in [1.807, 2.05) is 28.8 Å². The number of benzene rings is 1. The monoisotopic (exact) mass is 385 g/mol. The van der Waals surface area contributed by atoms with E-state index in [2.05, 4.69) is 22.5 Å². The third-order valence-electron chi connectivity index (χ3n) is 4.94. The molecule has 0 saturated heterocycles. The first kappa shape index (κ1) is 18.0. The summed E-state index contributed by atoms with van der Waals surface area (Å²) in [5, 5.41) is 7.47. The van der Waals surface area contributed by atoms with Crippen molar-refractivity contribution in [2.24, 2.45) is 5.73 Å². The Kier molecular flexibility index (Phi) is 5.13. The summed E-state index contributed by atoms with van der Waals surface area (Å²) in [5.41, 5.74) is 8.53. The predicted octanol–water partition coefficient (Wildman–Crippen LogP) is 3.93. The SMILES string of the molecule is CCn1cnc2c(Nc3cccc(Cl)c3)nc(N[C@@H]3CCC[C@H](N)C3)nc21. The lowest BCUT2D eigenvalue weighted by Gasteiger charge is -2.27. The lowest BCUT2D eigenvalue weighted by molar-refractivity contribution is 0.408. The molecule has 1 fully saturated rings. The zero-order valence-electron chi connectivity index (χ0n) is 15.3. The second-order valence-electron chi connectivity index (χ2n) is 7.00. The molecule has 0 unspecified atom stereocenters. The maximum absolute atomic E-state index is 6.12. The van der Waals surface area contributed by atoms with Crippen LogP contribution in [-0.4, -0.2) is 31.6 Å². The van der Waals surface area contributed by atoms with Gasteiger partial charge in [-0.3, -0.25) is 0 Å². The molecule has 0 radical (unpaired) electrons.